The van der Waals surface area contributed by atoms with Crippen molar-refractivity contribution in [2.45, 2.75) is 45.3 Å². The van der Waals surface area contributed by atoms with Crippen LogP contribution >= 0.6 is 0 Å². The van der Waals surface area contributed by atoms with Crippen molar-refractivity contribution >= 4 is 5.91 Å². The van der Waals surface area contributed by atoms with E-state index in [9.17, 15) is 4.79 Å². The third-order valence-corrected chi connectivity index (χ3v) is 3.13. The molecular weight excluding hydrogens is 230 g/mol. The summed E-state index contributed by atoms with van der Waals surface area (Å²) in [4.78, 5) is 11.9. The molecule has 2 rings (SSSR count). The van der Waals surface area contributed by atoms with Crippen molar-refractivity contribution in [2.75, 3.05) is 13.2 Å². The van der Waals surface area contributed by atoms with Crippen LogP contribution in [0.15, 0.2) is 12.3 Å². The van der Waals surface area contributed by atoms with E-state index in [-0.39, 0.29) is 18.1 Å². The van der Waals surface area contributed by atoms with Crippen molar-refractivity contribution in [3.8, 4) is 0 Å². The van der Waals surface area contributed by atoms with E-state index in [1.807, 2.05) is 20.0 Å². The van der Waals surface area contributed by atoms with Gasteiger partial charge in [-0.15, -0.1) is 0 Å². The Kier molecular flexibility index (Phi) is 4.36. The lowest BCUT2D eigenvalue weighted by molar-refractivity contribution is 0.0168. The summed E-state index contributed by atoms with van der Waals surface area (Å²) in [5, 5.41) is 7.12. The second-order valence-corrected chi connectivity index (χ2v) is 4.97. The lowest BCUT2D eigenvalue weighted by Gasteiger charge is -2.22. The number of nitrogens with one attached hydrogen (secondary N) is 1. The molecule has 0 radical (unpaired) electrons. The monoisotopic (exact) mass is 251 g/mol. The molecular formula is C13H21N3O2. The Morgan fingerprint density at radius 2 is 2.44 bits per heavy atom. The Bertz CT molecular complexity index is 395. The minimum Gasteiger partial charge on any atom is -0.376 e. The fourth-order valence-corrected chi connectivity index (χ4v) is 2.01. The Labute approximate surface area is 108 Å². The molecule has 1 aromatic heterocycles. The zero-order valence-electron chi connectivity index (χ0n) is 11.1. The first-order valence-corrected chi connectivity index (χ1v) is 6.62. The summed E-state index contributed by atoms with van der Waals surface area (Å²) in [7, 11) is 0. The number of nitrogens with zero attached hydrogens (tertiary/aromatic N) is 2. The average Bonchev–Trinajstić information content (AvgIpc) is 2.87. The van der Waals surface area contributed by atoms with Gasteiger partial charge in [0.05, 0.1) is 6.10 Å². The molecule has 0 bridgehead atoms. The van der Waals surface area contributed by atoms with Crippen LogP contribution in [0.5, 0.6) is 0 Å². The van der Waals surface area contributed by atoms with Gasteiger partial charge in [0.2, 0.25) is 0 Å². The molecule has 100 valence electrons. The van der Waals surface area contributed by atoms with Crippen LogP contribution in [0.1, 0.15) is 49.6 Å². The van der Waals surface area contributed by atoms with Gasteiger partial charge in [-0.25, -0.2) is 0 Å². The van der Waals surface area contributed by atoms with E-state index in [2.05, 4.69) is 10.4 Å². The molecule has 18 heavy (non-hydrogen) atoms. The normalized spacial score (nSPS) is 20.1. The van der Waals surface area contributed by atoms with Gasteiger partial charge in [-0.05, 0) is 39.2 Å². The van der Waals surface area contributed by atoms with Crippen LogP contribution in [0.4, 0.5) is 0 Å². The van der Waals surface area contributed by atoms with Crippen LogP contribution in [0.25, 0.3) is 0 Å². The van der Waals surface area contributed by atoms with E-state index in [0.717, 1.165) is 19.4 Å². The van der Waals surface area contributed by atoms with Crippen molar-refractivity contribution < 1.29 is 9.53 Å². The number of aromatic nitrogens is 2. The van der Waals surface area contributed by atoms with Gasteiger partial charge in [-0.1, -0.05) is 0 Å². The maximum atomic E-state index is 11.9. The van der Waals surface area contributed by atoms with Crippen LogP contribution in [0.3, 0.4) is 0 Å². The molecule has 0 aromatic carbocycles. The SMILES string of the molecule is CC(C)n1ccc(C(=O)NC[C@H]2CCCCO2)n1. The van der Waals surface area contributed by atoms with Gasteiger partial charge in [-0.2, -0.15) is 5.10 Å². The van der Waals surface area contributed by atoms with Crippen LogP contribution < -0.4 is 5.32 Å². The third-order valence-electron chi connectivity index (χ3n) is 3.13. The predicted octanol–water partition coefficient (Wildman–Crippen LogP) is 1.76. The minimum absolute atomic E-state index is 0.122. The summed E-state index contributed by atoms with van der Waals surface area (Å²) in [6.45, 7) is 5.45. The van der Waals surface area contributed by atoms with E-state index in [0.29, 0.717) is 12.2 Å². The van der Waals surface area contributed by atoms with Crippen LogP contribution in [0.2, 0.25) is 0 Å². The molecule has 1 N–H and O–H groups in total. The third kappa shape index (κ3) is 3.32. The summed E-state index contributed by atoms with van der Waals surface area (Å²) in [6, 6.07) is 2.02. The largest absolute Gasteiger partial charge is 0.376 e. The average molecular weight is 251 g/mol. The molecule has 0 unspecified atom stereocenters. The lowest BCUT2D eigenvalue weighted by Crippen LogP contribution is -2.35. The van der Waals surface area contributed by atoms with Crippen molar-refractivity contribution in [3.05, 3.63) is 18.0 Å². The van der Waals surface area contributed by atoms with Gasteiger partial charge >= 0.3 is 0 Å². The summed E-state index contributed by atoms with van der Waals surface area (Å²) in [5.74, 6) is -0.122. The highest BCUT2D eigenvalue weighted by molar-refractivity contribution is 5.92. The van der Waals surface area contributed by atoms with Crippen LogP contribution in [0, 0.1) is 0 Å². The van der Waals surface area contributed by atoms with Crippen molar-refractivity contribution in [2.24, 2.45) is 0 Å². The molecule has 0 aliphatic carbocycles. The quantitative estimate of drug-likeness (QED) is 0.887. The first-order chi connectivity index (χ1) is 8.66. The lowest BCUT2D eigenvalue weighted by atomic mass is 10.1. The number of carbonyl (C=O) groups is 1. The van der Waals surface area contributed by atoms with Gasteiger partial charge < -0.3 is 10.1 Å². The van der Waals surface area contributed by atoms with E-state index >= 15 is 0 Å². The first-order valence-electron chi connectivity index (χ1n) is 6.62. The number of amides is 1. The van der Waals surface area contributed by atoms with Crippen LogP contribution in [-0.2, 0) is 4.74 Å². The molecule has 5 heteroatoms. The molecule has 1 saturated heterocycles. The van der Waals surface area contributed by atoms with Gasteiger partial charge in [0.1, 0.15) is 5.69 Å². The zero-order chi connectivity index (χ0) is 13.0. The number of ether oxygens (including phenoxy) is 1. The molecule has 0 saturated carbocycles. The van der Waals surface area contributed by atoms with E-state index < -0.39 is 0 Å². The Morgan fingerprint density at radius 3 is 3.06 bits per heavy atom. The Balaban J connectivity index is 1.83. The maximum absolute atomic E-state index is 11.9. The summed E-state index contributed by atoms with van der Waals surface area (Å²) in [6.07, 6.45) is 5.33. The Morgan fingerprint density at radius 1 is 1.61 bits per heavy atom. The number of hydrogen-bond acceptors (Lipinski definition) is 3. The predicted molar refractivity (Wildman–Crippen MR) is 68.5 cm³/mol. The fourth-order valence-electron chi connectivity index (χ4n) is 2.01. The topological polar surface area (TPSA) is 56.2 Å². The highest BCUT2D eigenvalue weighted by Gasteiger charge is 2.16. The van der Waals surface area contributed by atoms with E-state index in [1.165, 1.54) is 6.42 Å². The molecule has 1 aromatic rings. The number of rotatable bonds is 4. The van der Waals surface area contributed by atoms with Crippen molar-refractivity contribution in [3.63, 3.8) is 0 Å². The van der Waals surface area contributed by atoms with Crippen molar-refractivity contribution in [1.82, 2.24) is 15.1 Å². The summed E-state index contributed by atoms with van der Waals surface area (Å²) < 4.78 is 7.35. The Hall–Kier alpha value is -1.36. The van der Waals surface area contributed by atoms with Gasteiger partial charge in [-0.3, -0.25) is 9.48 Å². The van der Waals surface area contributed by atoms with Crippen molar-refractivity contribution in [1.29, 1.82) is 0 Å². The highest BCUT2D eigenvalue weighted by Crippen LogP contribution is 2.11. The summed E-state index contributed by atoms with van der Waals surface area (Å²) >= 11 is 0. The second kappa shape index (κ2) is 6.00. The molecule has 0 spiro atoms. The maximum Gasteiger partial charge on any atom is 0.271 e. The number of hydrogen-bond donors (Lipinski definition) is 1. The van der Waals surface area contributed by atoms with Crippen LogP contribution in [-0.4, -0.2) is 34.9 Å². The minimum atomic E-state index is -0.122. The smallest absolute Gasteiger partial charge is 0.271 e. The van der Waals surface area contributed by atoms with Gasteiger partial charge in [0.25, 0.3) is 5.91 Å². The molecule has 1 atom stereocenters. The molecule has 2 heterocycles. The first kappa shape index (κ1) is 13.1. The molecule has 1 fully saturated rings. The van der Waals surface area contributed by atoms with E-state index in [1.54, 1.807) is 10.7 Å². The highest BCUT2D eigenvalue weighted by atomic mass is 16.5. The zero-order valence-corrected chi connectivity index (χ0v) is 11.1. The van der Waals surface area contributed by atoms with Gasteiger partial charge in [0, 0.05) is 25.4 Å². The standard InChI is InChI=1S/C13H21N3O2/c1-10(2)16-7-6-12(15-16)13(17)14-9-11-5-3-4-8-18-11/h6-7,10-11H,3-5,8-9H2,1-2H3,(H,14,17)/t11-/m1/s1. The second-order valence-electron chi connectivity index (χ2n) is 4.97. The fraction of sp³-hybridized carbons (Fsp3) is 0.692. The number of carbonyl (C=O) groups excluding carboxylic acids is 1. The summed E-state index contributed by atoms with van der Waals surface area (Å²) in [5.41, 5.74) is 0.472. The van der Waals surface area contributed by atoms with E-state index in [4.69, 9.17) is 4.74 Å². The molecule has 1 aliphatic rings. The van der Waals surface area contributed by atoms with Gasteiger partial charge in [0.15, 0.2) is 0 Å². The molecule has 5 nitrogen and oxygen atoms in total. The molecule has 1 amide bonds. The molecule has 1 aliphatic heterocycles.